The molecule has 0 fully saturated rings. The van der Waals surface area contributed by atoms with Gasteiger partial charge in [-0.1, -0.05) is 340 Å². The van der Waals surface area contributed by atoms with Crippen LogP contribution >= 0.6 is 0 Å². The Kier molecular flexibility index (Phi) is 62.6. The number of rotatable bonds is 64. The summed E-state index contributed by atoms with van der Waals surface area (Å²) >= 11 is 0. The maximum Gasteiger partial charge on any atom is 0.249 e. The second kappa shape index (κ2) is 63.6. The minimum Gasteiger partial charge on any atom is -0.394 e. The smallest absolute Gasteiger partial charge is 0.249 e. The van der Waals surface area contributed by atoms with Gasteiger partial charge < -0.3 is 25.7 Å². The quantitative estimate of drug-likeness (QED) is 0.0308. The first-order valence-corrected chi connectivity index (χ1v) is 34.2. The lowest BCUT2D eigenvalue weighted by Crippen LogP contribution is -2.53. The van der Waals surface area contributed by atoms with Gasteiger partial charge in [0, 0.05) is 0 Å². The van der Waals surface area contributed by atoms with Crippen LogP contribution in [0.15, 0.2) is 24.3 Å². The lowest BCUT2D eigenvalue weighted by molar-refractivity contribution is -0.132. The summed E-state index contributed by atoms with van der Waals surface area (Å²) in [6, 6.07) is -1.00. The van der Waals surface area contributed by atoms with Crippen LogP contribution in [0.5, 0.6) is 0 Å². The van der Waals surface area contributed by atoms with Gasteiger partial charge in [-0.3, -0.25) is 4.79 Å². The molecular weight excluding hydrogens is 923 g/mol. The maximum absolute atomic E-state index is 12.6. The topological polar surface area (TPSA) is 110 Å². The van der Waals surface area contributed by atoms with Crippen molar-refractivity contribution in [1.82, 2.24) is 5.32 Å². The van der Waals surface area contributed by atoms with Crippen LogP contribution in [0, 0.1) is 0 Å². The van der Waals surface area contributed by atoms with E-state index in [9.17, 15) is 25.2 Å². The number of aliphatic hydroxyl groups is 4. The molecule has 0 rings (SSSR count). The van der Waals surface area contributed by atoms with Crippen LogP contribution in [0.25, 0.3) is 0 Å². The number of carbonyl (C=O) groups is 1. The zero-order chi connectivity index (χ0) is 54.4. The zero-order valence-corrected chi connectivity index (χ0v) is 50.8. The molecule has 446 valence electrons. The van der Waals surface area contributed by atoms with Gasteiger partial charge in [0.25, 0.3) is 0 Å². The molecule has 0 aromatic rings. The number of hydrogen-bond acceptors (Lipinski definition) is 5. The number of nitrogens with one attached hydrogen (secondary N) is 1. The SMILES string of the molecule is CCCCCCCCCCCCCCCC/C=C\CCCCCCCCCCCCCCCCCCC(O)C(=O)NC(CO)C(O)C(O)CCC/C=C/CCCCCCCCCCCCCCCCCCCCCC. The van der Waals surface area contributed by atoms with Crippen LogP contribution in [0.4, 0.5) is 0 Å². The van der Waals surface area contributed by atoms with E-state index >= 15 is 0 Å². The zero-order valence-electron chi connectivity index (χ0n) is 50.8. The molecule has 0 heterocycles. The standard InChI is InChI=1S/C69H135NO5/c1-3-5-7-9-11-13-15-17-19-21-23-25-27-29-30-31-32-33-34-35-36-37-39-41-43-45-47-49-51-53-55-57-59-61-63-67(73)69(75)70-65(64-71)68(74)66(72)62-60-58-56-54-52-50-48-46-44-42-40-38-28-26-24-22-20-18-16-14-12-10-8-6-4-2/h31-32,54,56,65-68,71-74H,3-30,33-53,55,57-64H2,1-2H3,(H,70,75)/b32-31-,56-54+. The third kappa shape index (κ3) is 57.3. The number of unbranched alkanes of at least 4 members (excludes halogenated alkanes) is 51. The van der Waals surface area contributed by atoms with Crippen molar-refractivity contribution in [2.75, 3.05) is 6.61 Å². The van der Waals surface area contributed by atoms with E-state index in [0.717, 1.165) is 38.5 Å². The summed E-state index contributed by atoms with van der Waals surface area (Å²) < 4.78 is 0. The molecule has 0 aliphatic rings. The number of carbonyl (C=O) groups excluding carboxylic acids is 1. The van der Waals surface area contributed by atoms with Crippen molar-refractivity contribution in [3.8, 4) is 0 Å². The molecule has 0 bridgehead atoms. The van der Waals surface area contributed by atoms with E-state index in [4.69, 9.17) is 0 Å². The van der Waals surface area contributed by atoms with E-state index in [0.29, 0.717) is 12.8 Å². The summed E-state index contributed by atoms with van der Waals surface area (Å²) in [6.45, 7) is 4.10. The third-order valence-electron chi connectivity index (χ3n) is 16.4. The van der Waals surface area contributed by atoms with E-state index < -0.39 is 36.9 Å². The molecular formula is C69H135NO5. The summed E-state index contributed by atoms with van der Waals surface area (Å²) in [6.07, 6.45) is 80.2. The van der Waals surface area contributed by atoms with Crippen molar-refractivity contribution in [2.24, 2.45) is 0 Å². The molecule has 5 N–H and O–H groups in total. The van der Waals surface area contributed by atoms with Gasteiger partial charge in [-0.25, -0.2) is 0 Å². The van der Waals surface area contributed by atoms with Crippen LogP contribution in [0.1, 0.15) is 380 Å². The van der Waals surface area contributed by atoms with Crippen molar-refractivity contribution < 1.29 is 25.2 Å². The molecule has 1 amide bonds. The molecule has 0 aromatic carbocycles. The van der Waals surface area contributed by atoms with Crippen molar-refractivity contribution >= 4 is 5.91 Å². The highest BCUT2D eigenvalue weighted by molar-refractivity contribution is 5.80. The Balaban J connectivity index is 3.56. The van der Waals surface area contributed by atoms with Crippen LogP contribution in [-0.4, -0.2) is 57.3 Å². The molecule has 0 aromatic heterocycles. The average molecular weight is 1060 g/mol. The Morgan fingerprint density at radius 3 is 0.800 bits per heavy atom. The van der Waals surface area contributed by atoms with Crippen LogP contribution in [-0.2, 0) is 4.79 Å². The first kappa shape index (κ1) is 73.8. The summed E-state index contributed by atoms with van der Waals surface area (Å²) in [4.78, 5) is 12.6. The van der Waals surface area contributed by atoms with E-state index in [-0.39, 0.29) is 0 Å². The van der Waals surface area contributed by atoms with Crippen molar-refractivity contribution in [1.29, 1.82) is 0 Å². The Bertz CT molecular complexity index is 1140. The van der Waals surface area contributed by atoms with Gasteiger partial charge in [0.05, 0.1) is 18.8 Å². The maximum atomic E-state index is 12.6. The number of allylic oxidation sites excluding steroid dienone is 4. The van der Waals surface area contributed by atoms with Crippen LogP contribution < -0.4 is 5.32 Å². The minimum atomic E-state index is -1.28. The normalized spacial score (nSPS) is 13.6. The van der Waals surface area contributed by atoms with Crippen LogP contribution in [0.2, 0.25) is 0 Å². The number of hydrogen-bond donors (Lipinski definition) is 5. The highest BCUT2D eigenvalue weighted by atomic mass is 16.3. The number of amides is 1. The van der Waals surface area contributed by atoms with Crippen LogP contribution in [0.3, 0.4) is 0 Å². The van der Waals surface area contributed by atoms with E-state index in [1.807, 2.05) is 0 Å². The molecule has 0 saturated heterocycles. The molecule has 0 radical (unpaired) electrons. The van der Waals surface area contributed by atoms with Crippen molar-refractivity contribution in [3.63, 3.8) is 0 Å². The summed E-state index contributed by atoms with van der Waals surface area (Å²) in [5, 5.41) is 44.2. The molecule has 6 heteroatoms. The first-order valence-electron chi connectivity index (χ1n) is 34.2. The summed E-state index contributed by atoms with van der Waals surface area (Å²) in [5.74, 6) is -0.586. The predicted molar refractivity (Wildman–Crippen MR) is 330 cm³/mol. The molecule has 75 heavy (non-hydrogen) atoms. The second-order valence-corrected chi connectivity index (χ2v) is 23.9. The van der Waals surface area contributed by atoms with Gasteiger partial charge in [-0.2, -0.15) is 0 Å². The van der Waals surface area contributed by atoms with Gasteiger partial charge in [0.2, 0.25) is 5.91 Å². The molecule has 6 nitrogen and oxygen atoms in total. The van der Waals surface area contributed by atoms with Crippen molar-refractivity contribution in [3.05, 3.63) is 24.3 Å². The molecule has 0 saturated carbocycles. The highest BCUT2D eigenvalue weighted by Gasteiger charge is 2.28. The van der Waals surface area contributed by atoms with E-state index in [1.54, 1.807) is 0 Å². The molecule has 4 unspecified atom stereocenters. The fourth-order valence-corrected chi connectivity index (χ4v) is 11.1. The summed E-state index contributed by atoms with van der Waals surface area (Å²) in [5.41, 5.74) is 0. The minimum absolute atomic E-state index is 0.367. The van der Waals surface area contributed by atoms with Gasteiger partial charge in [-0.05, 0) is 64.2 Å². The van der Waals surface area contributed by atoms with Gasteiger partial charge in [0.1, 0.15) is 12.2 Å². The van der Waals surface area contributed by atoms with E-state index in [1.165, 1.54) is 315 Å². The molecule has 0 aliphatic heterocycles. The largest absolute Gasteiger partial charge is 0.394 e. The highest BCUT2D eigenvalue weighted by Crippen LogP contribution is 2.19. The first-order chi connectivity index (χ1) is 37.0. The fraction of sp³-hybridized carbons (Fsp3) is 0.928. The Morgan fingerprint density at radius 2 is 0.547 bits per heavy atom. The van der Waals surface area contributed by atoms with Gasteiger partial charge in [0.15, 0.2) is 0 Å². The van der Waals surface area contributed by atoms with Gasteiger partial charge in [-0.15, -0.1) is 0 Å². The van der Waals surface area contributed by atoms with Crippen molar-refractivity contribution in [2.45, 2.75) is 404 Å². The Hall–Kier alpha value is -1.21. The summed E-state index contributed by atoms with van der Waals surface area (Å²) in [7, 11) is 0. The second-order valence-electron chi connectivity index (χ2n) is 23.9. The monoisotopic (exact) mass is 1060 g/mol. The lowest BCUT2D eigenvalue weighted by Gasteiger charge is -2.27. The average Bonchev–Trinajstić information content (AvgIpc) is 3.42. The Labute approximate surface area is 469 Å². The third-order valence-corrected chi connectivity index (χ3v) is 16.4. The van der Waals surface area contributed by atoms with Gasteiger partial charge >= 0.3 is 0 Å². The lowest BCUT2D eigenvalue weighted by atomic mass is 10.00. The van der Waals surface area contributed by atoms with E-state index in [2.05, 4.69) is 43.5 Å². The fourth-order valence-electron chi connectivity index (χ4n) is 11.1. The predicted octanol–water partition coefficient (Wildman–Crippen LogP) is 20.9. The Morgan fingerprint density at radius 1 is 0.320 bits per heavy atom. The molecule has 0 spiro atoms. The number of aliphatic hydroxyl groups excluding tert-OH is 4. The molecule has 0 aliphatic carbocycles. The molecule has 4 atom stereocenters.